The molecule has 0 saturated carbocycles. The number of pyridine rings is 1. The lowest BCUT2D eigenvalue weighted by Gasteiger charge is -2.33. The van der Waals surface area contributed by atoms with Crippen LogP contribution >= 0.6 is 0 Å². The minimum atomic E-state index is -3.36. The van der Waals surface area contributed by atoms with Gasteiger partial charge >= 0.3 is 6.09 Å². The molecule has 1 fully saturated rings. The van der Waals surface area contributed by atoms with Crippen LogP contribution in [0, 0.1) is 6.92 Å². The number of sulfone groups is 1. The third-order valence-electron chi connectivity index (χ3n) is 4.79. The lowest BCUT2D eigenvalue weighted by molar-refractivity contribution is 0.0122. The van der Waals surface area contributed by atoms with Gasteiger partial charge in [-0.25, -0.2) is 28.2 Å². The third-order valence-corrected chi connectivity index (χ3v) is 5.79. The first-order valence-electron chi connectivity index (χ1n) is 10.3. The van der Waals surface area contributed by atoms with Crippen LogP contribution in [-0.2, 0) is 14.6 Å². The Morgan fingerprint density at radius 3 is 2.41 bits per heavy atom. The van der Waals surface area contributed by atoms with Gasteiger partial charge in [-0.3, -0.25) is 0 Å². The van der Waals surface area contributed by atoms with Crippen LogP contribution in [0.25, 0.3) is 0 Å². The number of nitrogens with one attached hydrogen (secondary N) is 1. The van der Waals surface area contributed by atoms with Crippen molar-refractivity contribution in [2.75, 3.05) is 24.7 Å². The first kappa shape index (κ1) is 23.7. The Hall–Kier alpha value is -2.95. The van der Waals surface area contributed by atoms with Crippen molar-refractivity contribution in [1.29, 1.82) is 0 Å². The molecule has 11 heteroatoms. The summed E-state index contributed by atoms with van der Waals surface area (Å²) in [5.74, 6) is 0.994. The van der Waals surface area contributed by atoms with Gasteiger partial charge in [0.2, 0.25) is 5.88 Å². The predicted octanol–water partition coefficient (Wildman–Crippen LogP) is 3.11. The Morgan fingerprint density at radius 1 is 1.16 bits per heavy atom. The van der Waals surface area contributed by atoms with Crippen LogP contribution in [0.4, 0.5) is 16.3 Å². The summed E-state index contributed by atoms with van der Waals surface area (Å²) < 4.78 is 34.6. The summed E-state index contributed by atoms with van der Waals surface area (Å²) in [5.41, 5.74) is 0.789. The number of carbonyl (C=O) groups is 1. The third kappa shape index (κ3) is 6.28. The molecule has 3 heterocycles. The van der Waals surface area contributed by atoms with Crippen molar-refractivity contribution in [3.8, 4) is 5.88 Å². The Bertz CT molecular complexity index is 1060. The smallest absolute Gasteiger partial charge is 0.410 e. The molecule has 1 saturated heterocycles. The molecule has 0 spiro atoms. The quantitative estimate of drug-likeness (QED) is 0.712. The minimum Gasteiger partial charge on any atom is -0.474 e. The molecular formula is C21H29N5O5S. The Kier molecular flexibility index (Phi) is 6.87. The second-order valence-corrected chi connectivity index (χ2v) is 10.7. The fourth-order valence-corrected chi connectivity index (χ4v) is 3.69. The van der Waals surface area contributed by atoms with Crippen LogP contribution in [-0.4, -0.2) is 65.4 Å². The molecule has 174 valence electrons. The Labute approximate surface area is 188 Å². The molecule has 2 aromatic heterocycles. The molecule has 0 unspecified atom stereocenters. The van der Waals surface area contributed by atoms with Gasteiger partial charge in [0.25, 0.3) is 0 Å². The number of anilines is 2. The van der Waals surface area contributed by atoms with Crippen LogP contribution in [0.5, 0.6) is 5.88 Å². The van der Waals surface area contributed by atoms with E-state index in [0.717, 1.165) is 6.26 Å². The minimum absolute atomic E-state index is 0.00389. The predicted molar refractivity (Wildman–Crippen MR) is 119 cm³/mol. The van der Waals surface area contributed by atoms with Gasteiger partial charge in [0.1, 0.15) is 23.9 Å². The lowest BCUT2D eigenvalue weighted by atomic mass is 10.1. The van der Waals surface area contributed by atoms with Crippen LogP contribution in [0.15, 0.2) is 29.7 Å². The maximum Gasteiger partial charge on any atom is 0.410 e. The molecule has 1 aliphatic heterocycles. The number of ether oxygens (including phenoxy) is 2. The van der Waals surface area contributed by atoms with Gasteiger partial charge in [-0.05, 0) is 39.8 Å². The topological polar surface area (TPSA) is 124 Å². The lowest BCUT2D eigenvalue weighted by Crippen LogP contribution is -2.44. The summed E-state index contributed by atoms with van der Waals surface area (Å²) in [6.07, 6.45) is 4.90. The van der Waals surface area contributed by atoms with Gasteiger partial charge in [-0.1, -0.05) is 0 Å². The van der Waals surface area contributed by atoms with E-state index in [2.05, 4.69) is 20.3 Å². The maximum absolute atomic E-state index is 12.2. The Balaban J connectivity index is 1.61. The van der Waals surface area contributed by atoms with E-state index in [1.54, 1.807) is 11.0 Å². The molecule has 0 bridgehead atoms. The fraction of sp³-hybridized carbons (Fsp3) is 0.524. The second kappa shape index (κ2) is 9.27. The zero-order valence-electron chi connectivity index (χ0n) is 19.0. The normalized spacial score (nSPS) is 15.3. The van der Waals surface area contributed by atoms with Crippen LogP contribution in [0.1, 0.15) is 39.2 Å². The van der Waals surface area contributed by atoms with Gasteiger partial charge in [-0.2, -0.15) is 0 Å². The summed E-state index contributed by atoms with van der Waals surface area (Å²) in [5, 5.41) is 3.12. The highest BCUT2D eigenvalue weighted by atomic mass is 32.2. The summed E-state index contributed by atoms with van der Waals surface area (Å²) in [7, 11) is -3.36. The molecule has 1 aliphatic rings. The maximum atomic E-state index is 12.2. The second-order valence-electron chi connectivity index (χ2n) is 8.72. The molecule has 1 N–H and O–H groups in total. The van der Waals surface area contributed by atoms with Crippen molar-refractivity contribution in [3.05, 3.63) is 30.2 Å². The zero-order chi connectivity index (χ0) is 23.5. The van der Waals surface area contributed by atoms with E-state index in [1.807, 2.05) is 27.7 Å². The van der Waals surface area contributed by atoms with Gasteiger partial charge in [0.05, 0.1) is 17.4 Å². The molecule has 2 aromatic rings. The van der Waals surface area contributed by atoms with Crippen molar-refractivity contribution >= 4 is 27.4 Å². The molecule has 0 atom stereocenters. The van der Waals surface area contributed by atoms with E-state index in [-0.39, 0.29) is 17.2 Å². The van der Waals surface area contributed by atoms with Crippen molar-refractivity contribution in [2.24, 2.45) is 0 Å². The zero-order valence-corrected chi connectivity index (χ0v) is 19.8. The fourth-order valence-electron chi connectivity index (χ4n) is 3.13. The number of likely N-dealkylation sites (tertiary alicyclic amines) is 1. The highest BCUT2D eigenvalue weighted by molar-refractivity contribution is 7.90. The van der Waals surface area contributed by atoms with E-state index in [0.29, 0.717) is 48.9 Å². The number of amides is 1. The van der Waals surface area contributed by atoms with Gasteiger partial charge in [0.15, 0.2) is 14.9 Å². The Morgan fingerprint density at radius 2 is 1.84 bits per heavy atom. The SMILES string of the molecule is Cc1c(Nc2ccc(S(C)(=O)=O)nc2)ncnc1OC1CCN(C(=O)OC(C)(C)C)CC1. The van der Waals surface area contributed by atoms with Gasteiger partial charge in [0, 0.05) is 32.2 Å². The van der Waals surface area contributed by atoms with E-state index in [9.17, 15) is 13.2 Å². The summed E-state index contributed by atoms with van der Waals surface area (Å²) >= 11 is 0. The summed E-state index contributed by atoms with van der Waals surface area (Å²) in [6.45, 7) is 8.48. The largest absolute Gasteiger partial charge is 0.474 e. The van der Waals surface area contributed by atoms with Crippen LogP contribution < -0.4 is 10.1 Å². The number of piperidine rings is 1. The molecule has 0 aromatic carbocycles. The standard InChI is InChI=1S/C21H29N5O5S/c1-14-18(25-15-6-7-17(22-12-15)32(5,28)29)23-13-24-19(14)30-16-8-10-26(11-9-16)20(27)31-21(2,3)4/h6-7,12-13,16H,8-11H2,1-5H3,(H,23,24,25). The average molecular weight is 464 g/mol. The average Bonchev–Trinajstić information content (AvgIpc) is 2.70. The molecule has 3 rings (SSSR count). The number of aromatic nitrogens is 3. The van der Waals surface area contributed by atoms with E-state index in [4.69, 9.17) is 9.47 Å². The first-order valence-corrected chi connectivity index (χ1v) is 12.2. The summed E-state index contributed by atoms with van der Waals surface area (Å²) in [6, 6.07) is 3.06. The molecule has 0 aliphatic carbocycles. The first-order chi connectivity index (χ1) is 14.9. The number of carbonyl (C=O) groups excluding carboxylic acids is 1. The highest BCUT2D eigenvalue weighted by Gasteiger charge is 2.28. The van der Waals surface area contributed by atoms with E-state index in [1.165, 1.54) is 18.6 Å². The van der Waals surface area contributed by atoms with Crippen LogP contribution in [0.2, 0.25) is 0 Å². The van der Waals surface area contributed by atoms with Gasteiger partial charge in [-0.15, -0.1) is 0 Å². The van der Waals surface area contributed by atoms with Crippen molar-refractivity contribution in [1.82, 2.24) is 19.9 Å². The van der Waals surface area contributed by atoms with Crippen molar-refractivity contribution in [2.45, 2.75) is 57.3 Å². The van der Waals surface area contributed by atoms with Crippen LogP contribution in [0.3, 0.4) is 0 Å². The highest BCUT2D eigenvalue weighted by Crippen LogP contribution is 2.27. The monoisotopic (exact) mass is 463 g/mol. The molecule has 10 nitrogen and oxygen atoms in total. The molecule has 0 radical (unpaired) electrons. The number of rotatable bonds is 5. The van der Waals surface area contributed by atoms with E-state index >= 15 is 0 Å². The number of nitrogens with zero attached hydrogens (tertiary/aromatic N) is 4. The van der Waals surface area contributed by atoms with E-state index < -0.39 is 15.4 Å². The van der Waals surface area contributed by atoms with Crippen molar-refractivity contribution < 1.29 is 22.7 Å². The number of hydrogen-bond acceptors (Lipinski definition) is 9. The van der Waals surface area contributed by atoms with Crippen molar-refractivity contribution in [3.63, 3.8) is 0 Å². The van der Waals surface area contributed by atoms with Gasteiger partial charge < -0.3 is 19.7 Å². The molecule has 1 amide bonds. The molecular weight excluding hydrogens is 434 g/mol. The number of hydrogen-bond donors (Lipinski definition) is 1. The molecule has 32 heavy (non-hydrogen) atoms. The summed E-state index contributed by atoms with van der Waals surface area (Å²) in [4.78, 5) is 26.4.